The van der Waals surface area contributed by atoms with Gasteiger partial charge in [-0.05, 0) is 42.7 Å². The third-order valence-corrected chi connectivity index (χ3v) is 4.48. The molecule has 0 atom stereocenters. The second kappa shape index (κ2) is 6.07. The summed E-state index contributed by atoms with van der Waals surface area (Å²) in [6.07, 6.45) is 3.82. The van der Waals surface area contributed by atoms with Crippen molar-refractivity contribution in [1.29, 1.82) is 0 Å². The molecule has 0 spiro atoms. The quantitative estimate of drug-likeness (QED) is 0.439. The largest absolute Gasteiger partial charge is 0.278 e. The van der Waals surface area contributed by atoms with Crippen molar-refractivity contribution in [3.8, 4) is 0 Å². The molecule has 0 bridgehead atoms. The van der Waals surface area contributed by atoms with Crippen LogP contribution in [-0.4, -0.2) is 17.5 Å². The zero-order chi connectivity index (χ0) is 13.8. The van der Waals surface area contributed by atoms with E-state index in [0.29, 0.717) is 0 Å². The molecule has 1 heterocycles. The predicted octanol–water partition coefficient (Wildman–Crippen LogP) is 4.46. The Kier molecular flexibility index (Phi) is 3.99. The summed E-state index contributed by atoms with van der Waals surface area (Å²) < 4.78 is 1.18. The number of para-hydroxylation sites is 1. The van der Waals surface area contributed by atoms with Gasteiger partial charge in [-0.25, -0.2) is 4.98 Å². The smallest absolute Gasteiger partial charge is 0.137 e. The fraction of sp³-hybridized carbons (Fsp3) is 0.0667. The Morgan fingerprint density at radius 3 is 2.70 bits per heavy atom. The lowest BCUT2D eigenvalue weighted by molar-refractivity contribution is 1.32. The van der Waals surface area contributed by atoms with Crippen LogP contribution in [0.15, 0.2) is 58.5 Å². The van der Waals surface area contributed by atoms with E-state index in [1.165, 1.54) is 9.60 Å². The minimum Gasteiger partial charge on any atom is -0.278 e. The first kappa shape index (κ1) is 13.1. The van der Waals surface area contributed by atoms with E-state index < -0.39 is 0 Å². The molecule has 20 heavy (non-hydrogen) atoms. The SMILES string of the molecule is CSc1ccc(NN=Cc2nc3ccccc3s2)cc1. The monoisotopic (exact) mass is 299 g/mol. The van der Waals surface area contributed by atoms with E-state index in [2.05, 4.69) is 40.0 Å². The van der Waals surface area contributed by atoms with Gasteiger partial charge in [-0.1, -0.05) is 12.1 Å². The fourth-order valence-electron chi connectivity index (χ4n) is 1.77. The van der Waals surface area contributed by atoms with Crippen molar-refractivity contribution in [1.82, 2.24) is 4.98 Å². The fourth-order valence-corrected chi connectivity index (χ4v) is 3.02. The highest BCUT2D eigenvalue weighted by molar-refractivity contribution is 7.98. The minimum absolute atomic E-state index is 0.902. The van der Waals surface area contributed by atoms with Gasteiger partial charge in [0.2, 0.25) is 0 Å². The Morgan fingerprint density at radius 2 is 1.95 bits per heavy atom. The van der Waals surface area contributed by atoms with E-state index >= 15 is 0 Å². The molecular formula is C15H13N3S2. The van der Waals surface area contributed by atoms with E-state index in [-0.39, 0.29) is 0 Å². The number of thiazole rings is 1. The van der Waals surface area contributed by atoms with Gasteiger partial charge in [0.25, 0.3) is 0 Å². The summed E-state index contributed by atoms with van der Waals surface area (Å²) in [5, 5.41) is 5.13. The van der Waals surface area contributed by atoms with Crippen LogP contribution in [0.2, 0.25) is 0 Å². The number of thioether (sulfide) groups is 1. The first-order valence-electron chi connectivity index (χ1n) is 6.14. The average molecular weight is 299 g/mol. The molecule has 1 N–H and O–H groups in total. The molecule has 3 rings (SSSR count). The van der Waals surface area contributed by atoms with Gasteiger partial charge in [-0.15, -0.1) is 23.1 Å². The van der Waals surface area contributed by atoms with Gasteiger partial charge in [-0.2, -0.15) is 5.10 Å². The normalized spacial score (nSPS) is 11.2. The third-order valence-electron chi connectivity index (χ3n) is 2.77. The van der Waals surface area contributed by atoms with Crippen molar-refractivity contribution < 1.29 is 0 Å². The topological polar surface area (TPSA) is 37.3 Å². The second-order valence-electron chi connectivity index (χ2n) is 4.12. The van der Waals surface area contributed by atoms with Crippen molar-refractivity contribution in [3.63, 3.8) is 0 Å². The molecule has 0 saturated heterocycles. The molecule has 0 radical (unpaired) electrons. The minimum atomic E-state index is 0.902. The summed E-state index contributed by atoms with van der Waals surface area (Å²) in [5.41, 5.74) is 5.00. The summed E-state index contributed by atoms with van der Waals surface area (Å²) >= 11 is 3.36. The van der Waals surface area contributed by atoms with Crippen molar-refractivity contribution in [2.24, 2.45) is 5.10 Å². The average Bonchev–Trinajstić information content (AvgIpc) is 2.90. The summed E-state index contributed by atoms with van der Waals surface area (Å²) in [6, 6.07) is 16.3. The number of fused-ring (bicyclic) bond motifs is 1. The van der Waals surface area contributed by atoms with Crippen molar-refractivity contribution in [2.45, 2.75) is 4.90 Å². The van der Waals surface area contributed by atoms with Crippen LogP contribution in [0.4, 0.5) is 5.69 Å². The Morgan fingerprint density at radius 1 is 1.15 bits per heavy atom. The van der Waals surface area contributed by atoms with Crippen LogP contribution in [0.3, 0.4) is 0 Å². The lowest BCUT2D eigenvalue weighted by atomic mass is 10.3. The molecule has 1 aromatic heterocycles. The molecule has 0 aliphatic rings. The number of anilines is 1. The van der Waals surface area contributed by atoms with Crippen LogP contribution >= 0.6 is 23.1 Å². The van der Waals surface area contributed by atoms with Crippen LogP contribution in [0.25, 0.3) is 10.2 Å². The van der Waals surface area contributed by atoms with E-state index in [4.69, 9.17) is 0 Å². The second-order valence-corrected chi connectivity index (χ2v) is 6.06. The molecule has 0 unspecified atom stereocenters. The molecule has 0 amide bonds. The van der Waals surface area contributed by atoms with E-state index in [1.807, 2.05) is 30.3 Å². The van der Waals surface area contributed by atoms with E-state index in [1.54, 1.807) is 29.3 Å². The van der Waals surface area contributed by atoms with E-state index in [9.17, 15) is 0 Å². The number of hydrogen-bond acceptors (Lipinski definition) is 5. The Bertz CT molecular complexity index is 699. The zero-order valence-corrected chi connectivity index (χ0v) is 12.5. The maximum absolute atomic E-state index is 4.50. The number of benzene rings is 2. The Balaban J connectivity index is 1.70. The number of hydrogen-bond donors (Lipinski definition) is 1. The standard InChI is InChI=1S/C15H13N3S2/c1-19-12-8-6-11(7-9-12)18-16-10-15-17-13-4-2-3-5-14(13)20-15/h2-10,18H,1H3. The predicted molar refractivity (Wildman–Crippen MR) is 89.1 cm³/mol. The highest BCUT2D eigenvalue weighted by Crippen LogP contribution is 2.20. The van der Waals surface area contributed by atoms with Gasteiger partial charge >= 0.3 is 0 Å². The van der Waals surface area contributed by atoms with Gasteiger partial charge in [0, 0.05) is 4.90 Å². The summed E-state index contributed by atoms with van der Waals surface area (Å²) in [6.45, 7) is 0. The highest BCUT2D eigenvalue weighted by Gasteiger charge is 1.99. The van der Waals surface area contributed by atoms with Gasteiger partial charge in [-0.3, -0.25) is 5.43 Å². The number of rotatable bonds is 4. The third kappa shape index (κ3) is 3.00. The lowest BCUT2D eigenvalue weighted by Gasteiger charge is -2.00. The zero-order valence-electron chi connectivity index (χ0n) is 10.9. The van der Waals surface area contributed by atoms with Gasteiger partial charge in [0.1, 0.15) is 5.01 Å². The molecule has 5 heteroatoms. The summed E-state index contributed by atoms with van der Waals surface area (Å²) in [5.74, 6) is 0. The molecule has 0 aliphatic carbocycles. The molecule has 3 nitrogen and oxygen atoms in total. The molecule has 0 fully saturated rings. The Labute approximate surface area is 125 Å². The molecule has 3 aromatic rings. The van der Waals surface area contributed by atoms with Crippen LogP contribution in [-0.2, 0) is 0 Å². The number of hydrazone groups is 1. The molecule has 2 aromatic carbocycles. The van der Waals surface area contributed by atoms with Gasteiger partial charge in [0.15, 0.2) is 0 Å². The number of nitrogens with zero attached hydrogens (tertiary/aromatic N) is 2. The highest BCUT2D eigenvalue weighted by atomic mass is 32.2. The van der Waals surface area contributed by atoms with Gasteiger partial charge in [0.05, 0.1) is 22.1 Å². The number of nitrogens with one attached hydrogen (secondary N) is 1. The number of aromatic nitrogens is 1. The summed E-state index contributed by atoms with van der Waals surface area (Å²) in [7, 11) is 0. The first-order chi connectivity index (χ1) is 9.85. The summed E-state index contributed by atoms with van der Waals surface area (Å²) in [4.78, 5) is 5.74. The Hall–Kier alpha value is -1.85. The maximum Gasteiger partial charge on any atom is 0.137 e. The molecule has 0 aliphatic heterocycles. The molecule has 0 saturated carbocycles. The van der Waals surface area contributed by atoms with E-state index in [0.717, 1.165) is 16.2 Å². The lowest BCUT2D eigenvalue weighted by Crippen LogP contribution is -1.89. The van der Waals surface area contributed by atoms with Crippen LogP contribution < -0.4 is 5.43 Å². The maximum atomic E-state index is 4.50. The van der Waals surface area contributed by atoms with Crippen LogP contribution in [0.1, 0.15) is 5.01 Å². The van der Waals surface area contributed by atoms with Crippen molar-refractivity contribution in [2.75, 3.05) is 11.7 Å². The van der Waals surface area contributed by atoms with Crippen molar-refractivity contribution >= 4 is 45.2 Å². The first-order valence-corrected chi connectivity index (χ1v) is 8.18. The van der Waals surface area contributed by atoms with Gasteiger partial charge < -0.3 is 0 Å². The van der Waals surface area contributed by atoms with Crippen LogP contribution in [0, 0.1) is 0 Å². The molecular weight excluding hydrogens is 286 g/mol. The van der Waals surface area contributed by atoms with Crippen molar-refractivity contribution in [3.05, 3.63) is 53.5 Å². The molecule has 100 valence electrons. The van der Waals surface area contributed by atoms with Crippen LogP contribution in [0.5, 0.6) is 0 Å².